The largest absolute Gasteiger partial charge is 0.493 e. The fourth-order valence-electron chi connectivity index (χ4n) is 4.26. The molecule has 0 saturated carbocycles. The monoisotopic (exact) mass is 459 g/mol. The van der Waals surface area contributed by atoms with E-state index in [-0.39, 0.29) is 6.03 Å². The van der Waals surface area contributed by atoms with Gasteiger partial charge in [-0.05, 0) is 73.8 Å². The second-order valence-corrected chi connectivity index (χ2v) is 8.70. The number of likely N-dealkylation sites (tertiary alicyclic amines) is 1. The molecular formula is C28H33N3O3. The molecule has 1 N–H and O–H groups in total. The van der Waals surface area contributed by atoms with Crippen LogP contribution in [0.2, 0.25) is 0 Å². The van der Waals surface area contributed by atoms with Crippen molar-refractivity contribution in [1.82, 2.24) is 10.2 Å². The van der Waals surface area contributed by atoms with E-state index in [1.807, 2.05) is 66.7 Å². The standard InChI is InChI=1S/C28H33N3O3/c1-30(24-10-4-3-5-11-24)28(32)29-20-22-15-17-31(18-16-22)21-23-9-8-12-25(19-23)34-27-14-7-6-13-26(27)33-2/h3-14,19,22H,15-18,20-21H2,1-2H3,(H,29,32). The molecule has 0 bridgehead atoms. The minimum absolute atomic E-state index is 0.0551. The first-order chi connectivity index (χ1) is 16.6. The maximum atomic E-state index is 12.5. The summed E-state index contributed by atoms with van der Waals surface area (Å²) in [6.07, 6.45) is 2.15. The number of piperidine rings is 1. The molecule has 4 rings (SSSR count). The highest BCUT2D eigenvalue weighted by molar-refractivity contribution is 5.91. The molecule has 1 fully saturated rings. The lowest BCUT2D eigenvalue weighted by Crippen LogP contribution is -2.42. The number of carbonyl (C=O) groups is 1. The SMILES string of the molecule is COc1ccccc1Oc1cccc(CN2CCC(CNC(=O)N(C)c3ccccc3)CC2)c1. The fourth-order valence-corrected chi connectivity index (χ4v) is 4.26. The molecule has 0 atom stereocenters. The molecule has 1 heterocycles. The maximum Gasteiger partial charge on any atom is 0.321 e. The molecule has 178 valence electrons. The molecule has 2 amide bonds. The molecule has 34 heavy (non-hydrogen) atoms. The van der Waals surface area contributed by atoms with Crippen molar-refractivity contribution >= 4 is 11.7 Å². The summed E-state index contributed by atoms with van der Waals surface area (Å²) in [5.41, 5.74) is 2.12. The highest BCUT2D eigenvalue weighted by Crippen LogP contribution is 2.31. The van der Waals surface area contributed by atoms with Crippen molar-refractivity contribution in [3.05, 3.63) is 84.4 Å². The number of benzene rings is 3. The number of para-hydroxylation sites is 3. The second-order valence-electron chi connectivity index (χ2n) is 8.70. The smallest absolute Gasteiger partial charge is 0.321 e. The van der Waals surface area contributed by atoms with E-state index in [9.17, 15) is 4.79 Å². The van der Waals surface area contributed by atoms with Gasteiger partial charge in [-0.15, -0.1) is 0 Å². The molecule has 1 aliphatic rings. The Balaban J connectivity index is 1.23. The van der Waals surface area contributed by atoms with Crippen molar-refractivity contribution in [1.29, 1.82) is 0 Å². The predicted molar refractivity (Wildman–Crippen MR) is 136 cm³/mol. The third-order valence-electron chi connectivity index (χ3n) is 6.30. The van der Waals surface area contributed by atoms with E-state index in [0.29, 0.717) is 18.2 Å². The minimum Gasteiger partial charge on any atom is -0.493 e. The second kappa shape index (κ2) is 11.6. The molecule has 3 aromatic rings. The summed E-state index contributed by atoms with van der Waals surface area (Å²) in [5, 5.41) is 3.10. The summed E-state index contributed by atoms with van der Waals surface area (Å²) >= 11 is 0. The van der Waals surface area contributed by atoms with E-state index in [1.165, 1.54) is 5.56 Å². The van der Waals surface area contributed by atoms with Crippen molar-refractivity contribution in [3.63, 3.8) is 0 Å². The topological polar surface area (TPSA) is 54.0 Å². The van der Waals surface area contributed by atoms with E-state index in [2.05, 4.69) is 22.3 Å². The lowest BCUT2D eigenvalue weighted by atomic mass is 9.96. The fraction of sp³-hybridized carbons (Fsp3) is 0.321. The Morgan fingerprint density at radius 2 is 1.68 bits per heavy atom. The van der Waals surface area contributed by atoms with Crippen LogP contribution in [0.5, 0.6) is 17.2 Å². The van der Waals surface area contributed by atoms with E-state index in [1.54, 1.807) is 19.1 Å². The van der Waals surface area contributed by atoms with Gasteiger partial charge in [0, 0.05) is 25.8 Å². The first-order valence-corrected chi connectivity index (χ1v) is 11.8. The van der Waals surface area contributed by atoms with Gasteiger partial charge in [-0.25, -0.2) is 4.79 Å². The summed E-state index contributed by atoms with van der Waals surface area (Å²) < 4.78 is 11.5. The molecule has 6 nitrogen and oxygen atoms in total. The van der Waals surface area contributed by atoms with Crippen LogP contribution in [0.15, 0.2) is 78.9 Å². The normalized spacial score (nSPS) is 14.4. The molecule has 0 spiro atoms. The Morgan fingerprint density at radius 3 is 2.41 bits per heavy atom. The minimum atomic E-state index is -0.0551. The van der Waals surface area contributed by atoms with Crippen LogP contribution in [0.4, 0.5) is 10.5 Å². The predicted octanol–water partition coefficient (Wildman–Crippen LogP) is 5.55. The third kappa shape index (κ3) is 6.29. The first-order valence-electron chi connectivity index (χ1n) is 11.8. The number of methoxy groups -OCH3 is 1. The molecule has 1 aliphatic heterocycles. The molecule has 3 aromatic carbocycles. The molecule has 0 unspecified atom stereocenters. The van der Waals surface area contributed by atoms with Crippen LogP contribution in [-0.4, -0.2) is 44.7 Å². The van der Waals surface area contributed by atoms with Gasteiger partial charge in [0.25, 0.3) is 0 Å². The number of anilines is 1. The Bertz CT molecular complexity index is 1070. The zero-order valence-corrected chi connectivity index (χ0v) is 19.9. The average molecular weight is 460 g/mol. The number of ether oxygens (including phenoxy) is 2. The van der Waals surface area contributed by atoms with Gasteiger partial charge >= 0.3 is 6.03 Å². The molecular weight excluding hydrogens is 426 g/mol. The molecule has 0 radical (unpaired) electrons. The van der Waals surface area contributed by atoms with Gasteiger partial charge in [0.2, 0.25) is 0 Å². The number of nitrogens with zero attached hydrogens (tertiary/aromatic N) is 2. The number of urea groups is 1. The molecule has 6 heteroatoms. The zero-order valence-electron chi connectivity index (χ0n) is 19.9. The van der Waals surface area contributed by atoms with Gasteiger partial charge in [0.05, 0.1) is 7.11 Å². The first kappa shape index (κ1) is 23.6. The maximum absolute atomic E-state index is 12.5. The van der Waals surface area contributed by atoms with Crippen LogP contribution in [-0.2, 0) is 6.54 Å². The van der Waals surface area contributed by atoms with Gasteiger partial charge in [-0.3, -0.25) is 9.80 Å². The van der Waals surface area contributed by atoms with Gasteiger partial charge < -0.3 is 14.8 Å². The summed E-state index contributed by atoms with van der Waals surface area (Å²) in [6.45, 7) is 3.64. The van der Waals surface area contributed by atoms with Crippen molar-refractivity contribution in [2.75, 3.05) is 38.7 Å². The number of nitrogens with one attached hydrogen (secondary N) is 1. The summed E-state index contributed by atoms with van der Waals surface area (Å²) in [5.74, 6) is 2.74. The van der Waals surface area contributed by atoms with E-state index in [0.717, 1.165) is 49.7 Å². The van der Waals surface area contributed by atoms with Crippen molar-refractivity contribution in [2.24, 2.45) is 5.92 Å². The molecule has 0 aromatic heterocycles. The summed E-state index contributed by atoms with van der Waals surface area (Å²) in [4.78, 5) is 16.6. The van der Waals surface area contributed by atoms with Gasteiger partial charge in [-0.2, -0.15) is 0 Å². The summed E-state index contributed by atoms with van der Waals surface area (Å²) in [7, 11) is 3.45. The van der Waals surface area contributed by atoms with Gasteiger partial charge in [0.15, 0.2) is 11.5 Å². The van der Waals surface area contributed by atoms with E-state index < -0.39 is 0 Å². The number of carbonyl (C=O) groups excluding carboxylic acids is 1. The van der Waals surface area contributed by atoms with E-state index >= 15 is 0 Å². The zero-order chi connectivity index (χ0) is 23.8. The van der Waals surface area contributed by atoms with E-state index in [4.69, 9.17) is 9.47 Å². The van der Waals surface area contributed by atoms with Crippen LogP contribution < -0.4 is 19.7 Å². The van der Waals surface area contributed by atoms with Crippen LogP contribution in [0, 0.1) is 5.92 Å². The molecule has 0 aliphatic carbocycles. The van der Waals surface area contributed by atoms with Gasteiger partial charge in [0.1, 0.15) is 5.75 Å². The average Bonchev–Trinajstić information content (AvgIpc) is 2.89. The Hall–Kier alpha value is -3.51. The highest BCUT2D eigenvalue weighted by Gasteiger charge is 2.21. The van der Waals surface area contributed by atoms with Crippen molar-refractivity contribution in [3.8, 4) is 17.2 Å². The van der Waals surface area contributed by atoms with Gasteiger partial charge in [-0.1, -0.05) is 42.5 Å². The highest BCUT2D eigenvalue weighted by atomic mass is 16.5. The van der Waals surface area contributed by atoms with Crippen molar-refractivity contribution < 1.29 is 14.3 Å². The van der Waals surface area contributed by atoms with Crippen LogP contribution >= 0.6 is 0 Å². The number of hydrogen-bond donors (Lipinski definition) is 1. The Morgan fingerprint density at radius 1 is 0.971 bits per heavy atom. The third-order valence-corrected chi connectivity index (χ3v) is 6.30. The Kier molecular flexibility index (Phi) is 8.04. The quantitative estimate of drug-likeness (QED) is 0.480. The molecule has 1 saturated heterocycles. The number of hydrogen-bond acceptors (Lipinski definition) is 4. The van der Waals surface area contributed by atoms with Crippen LogP contribution in [0.1, 0.15) is 18.4 Å². The van der Waals surface area contributed by atoms with Crippen molar-refractivity contribution in [2.45, 2.75) is 19.4 Å². The summed E-state index contributed by atoms with van der Waals surface area (Å²) in [6, 6.07) is 25.6. The number of amides is 2. The number of rotatable bonds is 8. The lowest BCUT2D eigenvalue weighted by molar-refractivity contribution is 0.175. The lowest BCUT2D eigenvalue weighted by Gasteiger charge is -2.32. The van der Waals surface area contributed by atoms with Crippen LogP contribution in [0.25, 0.3) is 0 Å². The Labute approximate surface area is 202 Å². The van der Waals surface area contributed by atoms with Crippen LogP contribution in [0.3, 0.4) is 0 Å².